The van der Waals surface area contributed by atoms with Crippen molar-refractivity contribution in [3.05, 3.63) is 12.3 Å². The van der Waals surface area contributed by atoms with Crippen LogP contribution in [0.4, 0.5) is 4.79 Å². The first kappa shape index (κ1) is 18.7. The molecule has 0 aliphatic heterocycles. The molecule has 0 fully saturated rings. The van der Waals surface area contributed by atoms with E-state index in [2.05, 4.69) is 25.4 Å². The first-order valence-electron chi connectivity index (χ1n) is 6.00. The lowest BCUT2D eigenvalue weighted by Gasteiger charge is -2.18. The number of carbonyl (C=O) groups is 1. The lowest BCUT2D eigenvalue weighted by molar-refractivity contribution is 0.0552. The maximum absolute atomic E-state index is 11.0. The topological polar surface area (TPSA) is 38.3 Å². The number of unbranched alkanes of at least 4 members (excludes halogenated alkanes) is 1. The van der Waals surface area contributed by atoms with Crippen LogP contribution in [0.2, 0.25) is 0 Å². The molecular formula is C13H27NO2S. The largest absolute Gasteiger partial charge is 0.444 e. The summed E-state index contributed by atoms with van der Waals surface area (Å²) in [6, 6.07) is 0. The number of thioether (sulfide) groups is 1. The van der Waals surface area contributed by atoms with Crippen LogP contribution in [0, 0.1) is 0 Å². The zero-order valence-corrected chi connectivity index (χ0v) is 12.8. The molecule has 1 N–H and O–H groups in total. The van der Waals surface area contributed by atoms with Gasteiger partial charge in [-0.25, -0.2) is 4.79 Å². The van der Waals surface area contributed by atoms with Gasteiger partial charge in [0.2, 0.25) is 0 Å². The normalized spacial score (nSPS) is 10.7. The van der Waals surface area contributed by atoms with Crippen molar-refractivity contribution in [1.82, 2.24) is 5.32 Å². The maximum Gasteiger partial charge on any atom is 0.411 e. The number of rotatable bonds is 4. The molecule has 0 saturated carbocycles. The van der Waals surface area contributed by atoms with E-state index in [-0.39, 0.29) is 0 Å². The molecule has 0 aromatic carbocycles. The van der Waals surface area contributed by atoms with E-state index in [0.717, 1.165) is 12.8 Å². The molecule has 0 bridgehead atoms. The number of ether oxygens (including phenoxy) is 1. The molecular weight excluding hydrogens is 234 g/mol. The van der Waals surface area contributed by atoms with Crippen molar-refractivity contribution in [1.29, 1.82) is 0 Å². The molecule has 0 radical (unpaired) electrons. The minimum absolute atomic E-state index is 0.403. The smallest absolute Gasteiger partial charge is 0.411 e. The molecule has 0 aromatic heterocycles. The van der Waals surface area contributed by atoms with Crippen molar-refractivity contribution in [2.45, 2.75) is 53.1 Å². The van der Waals surface area contributed by atoms with E-state index in [1.54, 1.807) is 6.20 Å². The molecule has 0 spiro atoms. The number of alkyl carbamates (subject to hydrolysis) is 1. The Morgan fingerprint density at radius 1 is 1.35 bits per heavy atom. The first-order chi connectivity index (χ1) is 7.87. The van der Waals surface area contributed by atoms with E-state index in [1.165, 1.54) is 5.75 Å². The third-order valence-corrected chi connectivity index (χ3v) is 2.04. The molecule has 0 unspecified atom stereocenters. The van der Waals surface area contributed by atoms with Crippen LogP contribution in [0.5, 0.6) is 0 Å². The highest BCUT2D eigenvalue weighted by Crippen LogP contribution is 2.06. The van der Waals surface area contributed by atoms with Gasteiger partial charge in [0.15, 0.2) is 0 Å². The fraction of sp³-hybridized carbons (Fsp3) is 0.769. The molecule has 0 aromatic rings. The van der Waals surface area contributed by atoms with Crippen LogP contribution in [0.1, 0.15) is 47.5 Å². The lowest BCUT2D eigenvalue weighted by atomic mass is 10.2. The molecule has 4 heteroatoms. The summed E-state index contributed by atoms with van der Waals surface area (Å²) < 4.78 is 5.02. The Hall–Kier alpha value is -0.640. The van der Waals surface area contributed by atoms with Crippen LogP contribution in [-0.2, 0) is 4.74 Å². The van der Waals surface area contributed by atoms with Crippen LogP contribution in [0.25, 0.3) is 0 Å². The van der Waals surface area contributed by atoms with Gasteiger partial charge in [-0.1, -0.05) is 26.3 Å². The molecule has 0 atom stereocenters. The summed E-state index contributed by atoms with van der Waals surface area (Å²) in [7, 11) is 0. The standard InChI is InChI=1S/C10H19NO2.C3H8S/c1-5-6-7-8-11-9(12)13-10(2,3)4;1-3-4-2/h7-8H,5-6H2,1-4H3,(H,11,12);3H2,1-2H3/b8-7+;. The first-order valence-corrected chi connectivity index (χ1v) is 7.40. The Labute approximate surface area is 110 Å². The van der Waals surface area contributed by atoms with Gasteiger partial charge in [0, 0.05) is 6.20 Å². The summed E-state index contributed by atoms with van der Waals surface area (Å²) in [5.74, 6) is 1.24. The molecule has 1 amide bonds. The molecule has 0 heterocycles. The van der Waals surface area contributed by atoms with E-state index in [4.69, 9.17) is 4.74 Å². The van der Waals surface area contributed by atoms with Gasteiger partial charge < -0.3 is 4.74 Å². The van der Waals surface area contributed by atoms with Gasteiger partial charge in [-0.15, -0.1) is 0 Å². The highest BCUT2D eigenvalue weighted by atomic mass is 32.2. The lowest BCUT2D eigenvalue weighted by Crippen LogP contribution is -2.29. The fourth-order valence-corrected chi connectivity index (χ4v) is 0.685. The summed E-state index contributed by atoms with van der Waals surface area (Å²) in [5.41, 5.74) is -0.428. The van der Waals surface area contributed by atoms with Gasteiger partial charge >= 0.3 is 6.09 Å². The van der Waals surface area contributed by atoms with E-state index >= 15 is 0 Å². The second kappa shape index (κ2) is 11.8. The molecule has 0 saturated heterocycles. The molecule has 102 valence electrons. The SMILES string of the molecule is CCC/C=C/NC(=O)OC(C)(C)C.CCSC. The number of nitrogens with one attached hydrogen (secondary N) is 1. The van der Waals surface area contributed by atoms with E-state index < -0.39 is 11.7 Å². The average Bonchev–Trinajstić information content (AvgIpc) is 2.22. The second-order valence-corrected chi connectivity index (χ2v) is 5.57. The molecule has 17 heavy (non-hydrogen) atoms. The monoisotopic (exact) mass is 261 g/mol. The maximum atomic E-state index is 11.0. The Kier molecular flexibility index (Phi) is 13.0. The van der Waals surface area contributed by atoms with Crippen molar-refractivity contribution >= 4 is 17.9 Å². The zero-order valence-electron chi connectivity index (χ0n) is 12.0. The third kappa shape index (κ3) is 21.2. The molecule has 0 aliphatic carbocycles. The van der Waals surface area contributed by atoms with Crippen LogP contribution in [0.15, 0.2) is 12.3 Å². The Morgan fingerprint density at radius 2 is 1.88 bits per heavy atom. The van der Waals surface area contributed by atoms with Crippen LogP contribution in [0.3, 0.4) is 0 Å². The molecule has 3 nitrogen and oxygen atoms in total. The van der Waals surface area contributed by atoms with Gasteiger partial charge in [0.05, 0.1) is 0 Å². The Morgan fingerprint density at radius 3 is 2.24 bits per heavy atom. The van der Waals surface area contributed by atoms with E-state index in [1.807, 2.05) is 38.6 Å². The fourth-order valence-electron chi connectivity index (χ4n) is 0.685. The van der Waals surface area contributed by atoms with Crippen molar-refractivity contribution in [3.8, 4) is 0 Å². The van der Waals surface area contributed by atoms with Crippen molar-refractivity contribution in [2.75, 3.05) is 12.0 Å². The van der Waals surface area contributed by atoms with E-state index in [9.17, 15) is 4.79 Å². The average molecular weight is 261 g/mol. The predicted molar refractivity (Wildman–Crippen MR) is 77.5 cm³/mol. The summed E-state index contributed by atoms with van der Waals surface area (Å²) >= 11 is 1.86. The van der Waals surface area contributed by atoms with E-state index in [0.29, 0.717) is 0 Å². The second-order valence-electron chi connectivity index (χ2n) is 4.41. The number of amides is 1. The highest BCUT2D eigenvalue weighted by Gasteiger charge is 2.14. The predicted octanol–water partition coefficient (Wildman–Crippen LogP) is 4.19. The Balaban J connectivity index is 0. The minimum Gasteiger partial charge on any atom is -0.444 e. The van der Waals surface area contributed by atoms with Gasteiger partial charge in [-0.05, 0) is 39.2 Å². The molecule has 0 rings (SSSR count). The number of hydrogen-bond acceptors (Lipinski definition) is 3. The summed E-state index contributed by atoms with van der Waals surface area (Å²) in [5, 5.41) is 2.53. The van der Waals surface area contributed by atoms with Crippen LogP contribution >= 0.6 is 11.8 Å². The van der Waals surface area contributed by atoms with Crippen LogP contribution in [-0.4, -0.2) is 23.7 Å². The van der Waals surface area contributed by atoms with Gasteiger partial charge in [-0.3, -0.25) is 5.32 Å². The molecule has 0 aliphatic rings. The van der Waals surface area contributed by atoms with Crippen LogP contribution < -0.4 is 5.32 Å². The number of carbonyl (C=O) groups excluding carboxylic acids is 1. The number of allylic oxidation sites excluding steroid dienone is 1. The number of hydrogen-bond donors (Lipinski definition) is 1. The minimum atomic E-state index is -0.428. The summed E-state index contributed by atoms with van der Waals surface area (Å²) in [6.45, 7) is 9.73. The zero-order chi connectivity index (χ0) is 13.7. The van der Waals surface area contributed by atoms with Gasteiger partial charge in [0.1, 0.15) is 5.60 Å². The van der Waals surface area contributed by atoms with Gasteiger partial charge in [0.25, 0.3) is 0 Å². The van der Waals surface area contributed by atoms with Crippen molar-refractivity contribution in [3.63, 3.8) is 0 Å². The quantitative estimate of drug-likeness (QED) is 0.824. The van der Waals surface area contributed by atoms with Gasteiger partial charge in [-0.2, -0.15) is 11.8 Å². The summed E-state index contributed by atoms with van der Waals surface area (Å²) in [4.78, 5) is 11.0. The van der Waals surface area contributed by atoms with Crippen molar-refractivity contribution < 1.29 is 9.53 Å². The Bertz CT molecular complexity index is 208. The van der Waals surface area contributed by atoms with Crippen molar-refractivity contribution in [2.24, 2.45) is 0 Å². The third-order valence-electron chi connectivity index (χ3n) is 1.46. The highest BCUT2D eigenvalue weighted by molar-refractivity contribution is 7.98. The summed E-state index contributed by atoms with van der Waals surface area (Å²) in [6.07, 6.45) is 7.27.